The van der Waals surface area contributed by atoms with E-state index in [0.717, 1.165) is 18.9 Å². The summed E-state index contributed by atoms with van der Waals surface area (Å²) in [5.41, 5.74) is 0.138. The molecule has 0 amide bonds. The van der Waals surface area contributed by atoms with Gasteiger partial charge < -0.3 is 5.32 Å². The molecule has 0 heterocycles. The second-order valence-electron chi connectivity index (χ2n) is 5.24. The summed E-state index contributed by atoms with van der Waals surface area (Å²) in [6.07, 6.45) is 2.07. The van der Waals surface area contributed by atoms with Gasteiger partial charge in [-0.3, -0.25) is 10.1 Å². The maximum atomic E-state index is 13.6. The van der Waals surface area contributed by atoms with Crippen molar-refractivity contribution in [3.63, 3.8) is 0 Å². The Hall–Kier alpha value is -1.65. The normalized spacial score (nSPS) is 22.7. The van der Waals surface area contributed by atoms with Crippen molar-refractivity contribution in [2.24, 2.45) is 11.8 Å². The zero-order chi connectivity index (χ0) is 13.3. The number of nitro benzene ring substituents is 1. The van der Waals surface area contributed by atoms with Gasteiger partial charge in [0.25, 0.3) is 5.69 Å². The molecule has 1 N–H and O–H groups in total. The molecule has 5 heteroatoms. The van der Waals surface area contributed by atoms with E-state index < -0.39 is 10.7 Å². The predicted molar refractivity (Wildman–Crippen MR) is 68.0 cm³/mol. The first-order valence-electron chi connectivity index (χ1n) is 6.18. The molecule has 1 aromatic carbocycles. The van der Waals surface area contributed by atoms with Crippen molar-refractivity contribution in [3.8, 4) is 0 Å². The van der Waals surface area contributed by atoms with E-state index in [-0.39, 0.29) is 11.7 Å². The van der Waals surface area contributed by atoms with Gasteiger partial charge in [-0.25, -0.2) is 4.39 Å². The van der Waals surface area contributed by atoms with Gasteiger partial charge in [0.2, 0.25) is 0 Å². The first kappa shape index (κ1) is 12.8. The van der Waals surface area contributed by atoms with Crippen LogP contribution in [0.1, 0.15) is 26.7 Å². The number of halogens is 1. The number of nitrogens with one attached hydrogen (secondary N) is 1. The van der Waals surface area contributed by atoms with Gasteiger partial charge in [0, 0.05) is 12.1 Å². The number of nitrogens with zero attached hydrogens (tertiary/aromatic N) is 1. The van der Waals surface area contributed by atoms with Gasteiger partial charge in [-0.15, -0.1) is 0 Å². The van der Waals surface area contributed by atoms with Gasteiger partial charge in [-0.05, 0) is 30.7 Å². The highest BCUT2D eigenvalue weighted by Crippen LogP contribution is 2.36. The highest BCUT2D eigenvalue weighted by molar-refractivity contribution is 5.51. The minimum atomic E-state index is -0.592. The lowest BCUT2D eigenvalue weighted by atomic mass is 9.73. The van der Waals surface area contributed by atoms with Crippen molar-refractivity contribution < 1.29 is 9.31 Å². The van der Waals surface area contributed by atoms with Crippen LogP contribution in [0.15, 0.2) is 18.2 Å². The molecule has 1 aromatic rings. The van der Waals surface area contributed by atoms with Crippen LogP contribution in [0.4, 0.5) is 15.8 Å². The Kier molecular flexibility index (Phi) is 3.50. The summed E-state index contributed by atoms with van der Waals surface area (Å²) in [5, 5.41) is 13.6. The largest absolute Gasteiger partial charge is 0.380 e. The molecule has 98 valence electrons. The molecule has 1 saturated carbocycles. The van der Waals surface area contributed by atoms with E-state index in [1.165, 1.54) is 12.1 Å². The molecule has 1 aliphatic rings. The Bertz CT molecular complexity index is 456. The fraction of sp³-hybridized carbons (Fsp3) is 0.538. The quantitative estimate of drug-likeness (QED) is 0.658. The van der Waals surface area contributed by atoms with Crippen molar-refractivity contribution in [2.75, 3.05) is 5.32 Å². The number of anilines is 1. The molecular weight excluding hydrogens is 235 g/mol. The monoisotopic (exact) mass is 252 g/mol. The number of nitro groups is 1. The van der Waals surface area contributed by atoms with Crippen LogP contribution in [-0.4, -0.2) is 11.0 Å². The third-order valence-electron chi connectivity index (χ3n) is 3.64. The number of hydrogen-bond donors (Lipinski definition) is 1. The average Bonchev–Trinajstić information content (AvgIpc) is 2.23. The second kappa shape index (κ2) is 4.92. The van der Waals surface area contributed by atoms with E-state index >= 15 is 0 Å². The van der Waals surface area contributed by atoms with Crippen LogP contribution >= 0.6 is 0 Å². The van der Waals surface area contributed by atoms with Crippen molar-refractivity contribution in [2.45, 2.75) is 32.7 Å². The van der Waals surface area contributed by atoms with Crippen molar-refractivity contribution in [3.05, 3.63) is 34.1 Å². The van der Waals surface area contributed by atoms with Gasteiger partial charge >= 0.3 is 0 Å². The van der Waals surface area contributed by atoms with Crippen LogP contribution in [0.5, 0.6) is 0 Å². The minimum absolute atomic E-state index is 0.216. The zero-order valence-corrected chi connectivity index (χ0v) is 10.5. The number of non-ortho nitro benzene ring substituents is 1. The molecule has 4 nitrogen and oxygen atoms in total. The first-order valence-corrected chi connectivity index (χ1v) is 6.18. The van der Waals surface area contributed by atoms with Gasteiger partial charge in [0.05, 0.1) is 16.7 Å². The highest BCUT2D eigenvalue weighted by atomic mass is 19.1. The van der Waals surface area contributed by atoms with Crippen LogP contribution in [0, 0.1) is 27.8 Å². The summed E-state index contributed by atoms with van der Waals surface area (Å²) >= 11 is 0. The van der Waals surface area contributed by atoms with Crippen LogP contribution in [0.2, 0.25) is 0 Å². The molecule has 0 radical (unpaired) electrons. The average molecular weight is 252 g/mol. The van der Waals surface area contributed by atoms with E-state index in [1.54, 1.807) is 0 Å². The fourth-order valence-electron chi connectivity index (χ4n) is 2.28. The van der Waals surface area contributed by atoms with Gasteiger partial charge in [-0.2, -0.15) is 0 Å². The Morgan fingerprint density at radius 3 is 2.61 bits per heavy atom. The second-order valence-corrected chi connectivity index (χ2v) is 5.24. The Morgan fingerprint density at radius 1 is 1.44 bits per heavy atom. The highest BCUT2D eigenvalue weighted by Gasteiger charge is 2.31. The maximum Gasteiger partial charge on any atom is 0.272 e. The van der Waals surface area contributed by atoms with E-state index in [0.29, 0.717) is 17.5 Å². The van der Waals surface area contributed by atoms with Crippen LogP contribution < -0.4 is 5.32 Å². The molecule has 0 spiro atoms. The standard InChI is InChI=1S/C13H17FN2O2/c1-8(2)9-5-10(6-9)15-13-4-3-11(16(17)18)7-12(13)14/h3-4,7-10,15H,5-6H2,1-2H3. The maximum absolute atomic E-state index is 13.6. The van der Waals surface area contributed by atoms with E-state index in [1.807, 2.05) is 0 Å². The molecule has 0 unspecified atom stereocenters. The molecular formula is C13H17FN2O2. The third kappa shape index (κ3) is 2.60. The predicted octanol–water partition coefficient (Wildman–Crippen LogP) is 3.58. The minimum Gasteiger partial charge on any atom is -0.380 e. The van der Waals surface area contributed by atoms with E-state index in [9.17, 15) is 14.5 Å². The lowest BCUT2D eigenvalue weighted by molar-refractivity contribution is -0.385. The number of benzene rings is 1. The van der Waals surface area contributed by atoms with Gasteiger partial charge in [-0.1, -0.05) is 13.8 Å². The molecule has 2 rings (SSSR count). The summed E-state index contributed by atoms with van der Waals surface area (Å²) < 4.78 is 13.6. The summed E-state index contributed by atoms with van der Waals surface area (Å²) in [5.74, 6) is 0.797. The summed E-state index contributed by atoms with van der Waals surface area (Å²) in [6, 6.07) is 4.01. The SMILES string of the molecule is CC(C)C1CC(Nc2ccc([N+](=O)[O-])cc2F)C1. The molecule has 0 aliphatic heterocycles. The summed E-state index contributed by atoms with van der Waals surface area (Å²) in [6.45, 7) is 4.38. The number of rotatable bonds is 4. The molecule has 18 heavy (non-hydrogen) atoms. The van der Waals surface area contributed by atoms with E-state index in [4.69, 9.17) is 0 Å². The topological polar surface area (TPSA) is 55.2 Å². The molecule has 0 atom stereocenters. The molecule has 1 aliphatic carbocycles. The third-order valence-corrected chi connectivity index (χ3v) is 3.64. The van der Waals surface area contributed by atoms with Crippen molar-refractivity contribution in [1.29, 1.82) is 0 Å². The molecule has 1 fully saturated rings. The Balaban J connectivity index is 1.97. The first-order chi connectivity index (χ1) is 8.47. The van der Waals surface area contributed by atoms with Gasteiger partial charge in [0.15, 0.2) is 5.82 Å². The Morgan fingerprint density at radius 2 is 2.11 bits per heavy atom. The van der Waals surface area contributed by atoms with Gasteiger partial charge in [0.1, 0.15) is 0 Å². The van der Waals surface area contributed by atoms with Crippen molar-refractivity contribution in [1.82, 2.24) is 0 Å². The van der Waals surface area contributed by atoms with E-state index in [2.05, 4.69) is 19.2 Å². The Labute approximate surface area is 105 Å². The smallest absolute Gasteiger partial charge is 0.272 e. The van der Waals surface area contributed by atoms with Crippen LogP contribution in [-0.2, 0) is 0 Å². The molecule has 0 bridgehead atoms. The van der Waals surface area contributed by atoms with Crippen molar-refractivity contribution >= 4 is 11.4 Å². The lowest BCUT2D eigenvalue weighted by Crippen LogP contribution is -2.38. The summed E-state index contributed by atoms with van der Waals surface area (Å²) in [4.78, 5) is 9.90. The lowest BCUT2D eigenvalue weighted by Gasteiger charge is -2.39. The zero-order valence-electron chi connectivity index (χ0n) is 10.5. The number of hydrogen-bond acceptors (Lipinski definition) is 3. The van der Waals surface area contributed by atoms with Crippen LogP contribution in [0.3, 0.4) is 0 Å². The fourth-order valence-corrected chi connectivity index (χ4v) is 2.28. The summed E-state index contributed by atoms with van der Waals surface area (Å²) in [7, 11) is 0. The molecule has 0 saturated heterocycles. The van der Waals surface area contributed by atoms with Crippen LogP contribution in [0.25, 0.3) is 0 Å². The molecule has 0 aromatic heterocycles.